The number of hydrogen-bond donors (Lipinski definition) is 1. The Morgan fingerprint density at radius 2 is 2.12 bits per heavy atom. The van der Waals surface area contributed by atoms with Gasteiger partial charge >= 0.3 is 0 Å². The second-order valence-corrected chi connectivity index (χ2v) is 5.23. The molecule has 0 unspecified atom stereocenters. The minimum atomic E-state index is -4.33. The number of nitrogen functional groups attached to an aromatic ring is 1. The highest BCUT2D eigenvalue weighted by Gasteiger charge is 2.27. The number of alkyl halides is 2. The highest BCUT2D eigenvalue weighted by atomic mass is 35.7. The first kappa shape index (κ1) is 12.9. The van der Waals surface area contributed by atoms with E-state index < -0.39 is 31.6 Å². The number of halogens is 3. The number of hydrogen-bond acceptors (Lipinski definition) is 5. The topological polar surface area (TPSA) is 82.3 Å². The Hall–Kier alpha value is -1.15. The number of ether oxygens (including phenoxy) is 1. The summed E-state index contributed by atoms with van der Waals surface area (Å²) >= 11 is 0. The van der Waals surface area contributed by atoms with Crippen molar-refractivity contribution in [1.82, 2.24) is 4.98 Å². The molecule has 0 saturated carbocycles. The molecular weight excluding hydrogens is 266 g/mol. The number of anilines is 1. The highest BCUT2D eigenvalue weighted by molar-refractivity contribution is 8.13. The van der Waals surface area contributed by atoms with E-state index in [1.165, 1.54) is 7.11 Å². The summed E-state index contributed by atoms with van der Waals surface area (Å²) in [7, 11) is 1.82. The van der Waals surface area contributed by atoms with Crippen molar-refractivity contribution in [3.05, 3.63) is 11.8 Å². The minimum absolute atomic E-state index is 0.278. The summed E-state index contributed by atoms with van der Waals surface area (Å²) < 4.78 is 51.9. The Balaban J connectivity index is 3.60. The monoisotopic (exact) mass is 272 g/mol. The molecule has 0 aliphatic heterocycles. The summed E-state index contributed by atoms with van der Waals surface area (Å²) in [6.45, 7) is 0. The van der Waals surface area contributed by atoms with Gasteiger partial charge in [0.1, 0.15) is 10.6 Å². The molecule has 9 heteroatoms. The van der Waals surface area contributed by atoms with Crippen molar-refractivity contribution < 1.29 is 21.9 Å². The van der Waals surface area contributed by atoms with Crippen molar-refractivity contribution >= 4 is 25.4 Å². The van der Waals surface area contributed by atoms with E-state index >= 15 is 0 Å². The predicted octanol–water partition coefficient (Wildman–Crippen LogP) is 1.54. The lowest BCUT2D eigenvalue weighted by Crippen LogP contribution is -2.07. The zero-order valence-corrected chi connectivity index (χ0v) is 9.52. The van der Waals surface area contributed by atoms with Crippen molar-refractivity contribution in [2.75, 3.05) is 12.8 Å². The Kier molecular flexibility index (Phi) is 3.54. The number of pyridine rings is 1. The smallest absolute Gasteiger partial charge is 0.267 e. The van der Waals surface area contributed by atoms with Gasteiger partial charge in [-0.25, -0.2) is 22.2 Å². The third kappa shape index (κ3) is 2.33. The minimum Gasteiger partial charge on any atom is -0.480 e. The molecule has 0 saturated heterocycles. The van der Waals surface area contributed by atoms with E-state index in [1.54, 1.807) is 0 Å². The summed E-state index contributed by atoms with van der Waals surface area (Å²) in [6, 6.07) is 0. The van der Waals surface area contributed by atoms with Gasteiger partial charge in [-0.15, -0.1) is 0 Å². The molecule has 0 bridgehead atoms. The third-order valence-electron chi connectivity index (χ3n) is 1.76. The first-order chi connectivity index (χ1) is 7.29. The second kappa shape index (κ2) is 4.38. The van der Waals surface area contributed by atoms with Crippen LogP contribution in [0, 0.1) is 0 Å². The van der Waals surface area contributed by atoms with E-state index in [4.69, 9.17) is 16.4 Å². The molecule has 0 fully saturated rings. The fourth-order valence-corrected chi connectivity index (χ4v) is 2.10. The van der Waals surface area contributed by atoms with E-state index in [9.17, 15) is 17.2 Å². The highest BCUT2D eigenvalue weighted by Crippen LogP contribution is 2.36. The van der Waals surface area contributed by atoms with Crippen molar-refractivity contribution in [3.63, 3.8) is 0 Å². The molecule has 2 N–H and O–H groups in total. The van der Waals surface area contributed by atoms with Crippen molar-refractivity contribution in [2.45, 2.75) is 11.3 Å². The van der Waals surface area contributed by atoms with Gasteiger partial charge in [0.25, 0.3) is 15.5 Å². The van der Waals surface area contributed by atoms with Gasteiger partial charge in [-0.1, -0.05) is 0 Å². The maximum atomic E-state index is 12.6. The first-order valence-corrected chi connectivity index (χ1v) is 6.15. The number of nitrogens with zero attached hydrogens (tertiary/aromatic N) is 1. The summed E-state index contributed by atoms with van der Waals surface area (Å²) in [5.41, 5.74) is 3.86. The largest absolute Gasteiger partial charge is 0.480 e. The maximum absolute atomic E-state index is 12.6. The average Bonchev–Trinajstić information content (AvgIpc) is 2.15. The second-order valence-electron chi connectivity index (χ2n) is 2.70. The molecule has 0 spiro atoms. The van der Waals surface area contributed by atoms with Crippen LogP contribution in [-0.2, 0) is 9.05 Å². The lowest BCUT2D eigenvalue weighted by molar-refractivity contribution is 0.148. The summed E-state index contributed by atoms with van der Waals surface area (Å²) in [4.78, 5) is 2.64. The third-order valence-corrected chi connectivity index (χ3v) is 3.11. The van der Waals surface area contributed by atoms with E-state index in [0.717, 1.165) is 0 Å². The molecule has 1 rings (SSSR count). The van der Waals surface area contributed by atoms with Crippen LogP contribution in [0.2, 0.25) is 0 Å². The molecule has 16 heavy (non-hydrogen) atoms. The van der Waals surface area contributed by atoms with Gasteiger partial charge in [-0.05, 0) is 0 Å². The lowest BCUT2D eigenvalue weighted by Gasteiger charge is -2.11. The molecule has 0 amide bonds. The van der Waals surface area contributed by atoms with E-state index in [1.807, 2.05) is 0 Å². The molecule has 0 radical (unpaired) electrons. The van der Waals surface area contributed by atoms with Gasteiger partial charge in [0, 0.05) is 10.7 Å². The van der Waals surface area contributed by atoms with E-state index in [0.29, 0.717) is 6.20 Å². The molecule has 0 aliphatic carbocycles. The normalized spacial score (nSPS) is 11.8. The van der Waals surface area contributed by atoms with Crippen LogP contribution in [0.4, 0.5) is 14.5 Å². The Morgan fingerprint density at radius 1 is 1.56 bits per heavy atom. The van der Waals surface area contributed by atoms with Crippen LogP contribution in [0.25, 0.3) is 0 Å². The van der Waals surface area contributed by atoms with Crippen molar-refractivity contribution in [3.8, 4) is 5.88 Å². The number of aromatic nitrogens is 1. The number of methoxy groups -OCH3 is 1. The molecule has 0 aliphatic rings. The number of rotatable bonds is 3. The SMILES string of the molecule is COc1ncc(S(=O)(=O)Cl)c(C(F)F)c1N. The molecule has 0 aromatic carbocycles. The Labute approximate surface area is 94.6 Å². The van der Waals surface area contributed by atoms with Crippen LogP contribution in [0.15, 0.2) is 11.1 Å². The summed E-state index contributed by atoms with van der Waals surface area (Å²) in [5.74, 6) is -0.278. The lowest BCUT2D eigenvalue weighted by atomic mass is 10.2. The number of nitrogens with two attached hydrogens (primary N) is 1. The summed E-state index contributed by atoms with van der Waals surface area (Å²) in [5, 5.41) is 0. The molecule has 1 aromatic rings. The molecule has 90 valence electrons. The molecule has 5 nitrogen and oxygen atoms in total. The zero-order valence-electron chi connectivity index (χ0n) is 7.95. The molecule has 1 heterocycles. The Morgan fingerprint density at radius 3 is 2.50 bits per heavy atom. The van der Waals surface area contributed by atoms with Crippen LogP contribution in [0.1, 0.15) is 12.0 Å². The van der Waals surface area contributed by atoms with Gasteiger partial charge in [-0.3, -0.25) is 0 Å². The predicted molar refractivity (Wildman–Crippen MR) is 53.2 cm³/mol. The van der Waals surface area contributed by atoms with Gasteiger partial charge in [-0.2, -0.15) is 0 Å². The quantitative estimate of drug-likeness (QED) is 0.844. The molecule has 0 atom stereocenters. The molecule has 1 aromatic heterocycles. The van der Waals surface area contributed by atoms with Crippen molar-refractivity contribution in [1.29, 1.82) is 0 Å². The van der Waals surface area contributed by atoms with Crippen LogP contribution >= 0.6 is 10.7 Å². The van der Waals surface area contributed by atoms with Crippen LogP contribution < -0.4 is 10.5 Å². The van der Waals surface area contributed by atoms with Gasteiger partial charge < -0.3 is 10.5 Å². The van der Waals surface area contributed by atoms with Gasteiger partial charge in [0.05, 0.1) is 18.9 Å². The van der Waals surface area contributed by atoms with Gasteiger partial charge in [0.2, 0.25) is 5.88 Å². The Bertz CT molecular complexity index is 507. The van der Waals surface area contributed by atoms with E-state index in [-0.39, 0.29) is 5.88 Å². The van der Waals surface area contributed by atoms with Gasteiger partial charge in [0.15, 0.2) is 0 Å². The van der Waals surface area contributed by atoms with Crippen molar-refractivity contribution in [2.24, 2.45) is 0 Å². The standard InChI is InChI=1S/C7H7ClF2N2O3S/c1-15-7-5(11)4(6(9)10)3(2-12-7)16(8,13)14/h2,6H,11H2,1H3. The van der Waals surface area contributed by atoms with Crippen LogP contribution in [0.5, 0.6) is 5.88 Å². The van der Waals surface area contributed by atoms with Crippen LogP contribution in [-0.4, -0.2) is 20.5 Å². The fraction of sp³-hybridized carbons (Fsp3) is 0.286. The zero-order chi connectivity index (χ0) is 12.5. The first-order valence-electron chi connectivity index (χ1n) is 3.84. The van der Waals surface area contributed by atoms with E-state index in [2.05, 4.69) is 9.72 Å². The average molecular weight is 273 g/mol. The van der Waals surface area contributed by atoms with Crippen LogP contribution in [0.3, 0.4) is 0 Å². The summed E-state index contributed by atoms with van der Waals surface area (Å²) in [6.07, 6.45) is -2.42. The maximum Gasteiger partial charge on any atom is 0.267 e. The fourth-order valence-electron chi connectivity index (χ4n) is 1.09. The molecular formula is C7H7ClF2N2O3S.